The summed E-state index contributed by atoms with van der Waals surface area (Å²) in [5.41, 5.74) is 0.791. The number of benzene rings is 1. The summed E-state index contributed by atoms with van der Waals surface area (Å²) in [6.07, 6.45) is 0.737. The first kappa shape index (κ1) is 13.8. The monoisotopic (exact) mass is 237 g/mol. The fourth-order valence-corrected chi connectivity index (χ4v) is 1.61. The molecule has 94 valence electrons. The lowest BCUT2D eigenvalue weighted by molar-refractivity contribution is -1.09. The van der Waals surface area contributed by atoms with Gasteiger partial charge in [0.15, 0.2) is 0 Å². The number of nitrogens with zero attached hydrogens (tertiary/aromatic N) is 1. The smallest absolute Gasteiger partial charge is 0.134 e. The molecule has 0 aliphatic rings. The van der Waals surface area contributed by atoms with Crippen molar-refractivity contribution in [2.24, 2.45) is 0 Å². The molecule has 17 heavy (non-hydrogen) atoms. The molecule has 2 unspecified atom stereocenters. The highest BCUT2D eigenvalue weighted by atomic mass is 16.8. The predicted octanol–water partition coefficient (Wildman–Crippen LogP) is 2.65. The van der Waals surface area contributed by atoms with E-state index in [0.717, 1.165) is 5.56 Å². The van der Waals surface area contributed by atoms with E-state index in [9.17, 15) is 15.2 Å². The van der Waals surface area contributed by atoms with Crippen LogP contribution in [0.25, 0.3) is 0 Å². The summed E-state index contributed by atoms with van der Waals surface area (Å²) in [5, 5.41) is 21.8. The molecule has 4 heteroatoms. The van der Waals surface area contributed by atoms with Crippen molar-refractivity contribution in [1.82, 2.24) is 0 Å². The van der Waals surface area contributed by atoms with E-state index >= 15 is 0 Å². The maximum Gasteiger partial charge on any atom is 0.134 e. The Morgan fingerprint density at radius 3 is 2.53 bits per heavy atom. The van der Waals surface area contributed by atoms with Crippen LogP contribution < -0.4 is 0 Å². The molecule has 0 amide bonds. The van der Waals surface area contributed by atoms with E-state index in [4.69, 9.17) is 0 Å². The molecule has 0 aromatic heterocycles. The average molecular weight is 237 g/mol. The van der Waals surface area contributed by atoms with Gasteiger partial charge in [0.2, 0.25) is 0 Å². The van der Waals surface area contributed by atoms with Crippen molar-refractivity contribution in [3.8, 4) is 0 Å². The number of rotatable bonds is 6. The van der Waals surface area contributed by atoms with Crippen molar-refractivity contribution in [3.05, 3.63) is 41.1 Å². The van der Waals surface area contributed by atoms with Gasteiger partial charge in [-0.15, -0.1) is 0 Å². The van der Waals surface area contributed by atoms with Crippen LogP contribution in [0.4, 0.5) is 0 Å². The molecule has 0 saturated carbocycles. The van der Waals surface area contributed by atoms with Crippen LogP contribution in [0.2, 0.25) is 0 Å². The molecule has 1 aromatic carbocycles. The van der Waals surface area contributed by atoms with Gasteiger partial charge < -0.3 is 10.0 Å². The SMILES string of the molecule is CC(=O)CCC(C)[N+]([O-])(O)Cc1ccccc1. The molecule has 0 aliphatic carbocycles. The summed E-state index contributed by atoms with van der Waals surface area (Å²) >= 11 is 0. The van der Waals surface area contributed by atoms with Crippen molar-refractivity contribution in [1.29, 1.82) is 0 Å². The summed E-state index contributed by atoms with van der Waals surface area (Å²) < 4.78 is 0. The normalized spacial score (nSPS) is 16.2. The average Bonchev–Trinajstić information content (AvgIpc) is 2.26. The Morgan fingerprint density at radius 2 is 2.00 bits per heavy atom. The standard InChI is InChI=1S/C13H19NO3/c1-11(8-9-12(2)15)14(16,17)10-13-6-4-3-5-7-13/h3-7,11,16H,8-10H2,1-2H3. The Bertz CT molecular complexity index is 362. The second kappa shape index (κ2) is 5.91. The highest BCUT2D eigenvalue weighted by Crippen LogP contribution is 2.18. The number of hydrogen-bond donors (Lipinski definition) is 1. The van der Waals surface area contributed by atoms with Crippen molar-refractivity contribution >= 4 is 5.78 Å². The van der Waals surface area contributed by atoms with Crippen molar-refractivity contribution < 1.29 is 14.8 Å². The summed E-state index contributed by atoms with van der Waals surface area (Å²) in [6, 6.07) is 8.63. The number of quaternary nitrogens is 1. The minimum Gasteiger partial charge on any atom is -0.598 e. The minimum atomic E-state index is -1.32. The van der Waals surface area contributed by atoms with Crippen molar-refractivity contribution in [2.45, 2.75) is 39.3 Å². The second-order valence-corrected chi connectivity index (χ2v) is 4.49. The second-order valence-electron chi connectivity index (χ2n) is 4.49. The molecule has 0 saturated heterocycles. The number of hydrogen-bond acceptors (Lipinski definition) is 3. The fraction of sp³-hybridized carbons (Fsp3) is 0.462. The molecule has 0 bridgehead atoms. The van der Waals surface area contributed by atoms with Crippen LogP contribution in [0.1, 0.15) is 32.3 Å². The third-order valence-electron chi connectivity index (χ3n) is 2.85. The Balaban J connectivity index is 2.58. The quantitative estimate of drug-likeness (QED) is 0.611. The van der Waals surface area contributed by atoms with Gasteiger partial charge in [-0.05, 0) is 13.8 Å². The summed E-state index contributed by atoms with van der Waals surface area (Å²) in [7, 11) is 0. The van der Waals surface area contributed by atoms with E-state index in [-0.39, 0.29) is 12.3 Å². The van der Waals surface area contributed by atoms with E-state index in [1.54, 1.807) is 19.1 Å². The molecule has 2 atom stereocenters. The van der Waals surface area contributed by atoms with Gasteiger partial charge in [0.05, 0.1) is 0 Å². The van der Waals surface area contributed by atoms with Gasteiger partial charge in [-0.25, -0.2) is 10.0 Å². The number of carbonyl (C=O) groups is 1. The third kappa shape index (κ3) is 4.65. The van der Waals surface area contributed by atoms with Crippen LogP contribution in [0.5, 0.6) is 0 Å². The Labute approximate surface area is 102 Å². The van der Waals surface area contributed by atoms with Crippen molar-refractivity contribution in [3.63, 3.8) is 0 Å². The Kier molecular flexibility index (Phi) is 4.81. The van der Waals surface area contributed by atoms with Gasteiger partial charge in [-0.1, -0.05) is 30.3 Å². The maximum atomic E-state index is 12.0. The maximum absolute atomic E-state index is 12.0. The molecule has 1 aromatic rings. The lowest BCUT2D eigenvalue weighted by atomic mass is 10.1. The number of carbonyl (C=O) groups excluding carboxylic acids is 1. The third-order valence-corrected chi connectivity index (χ3v) is 2.85. The largest absolute Gasteiger partial charge is 0.598 e. The first-order valence-electron chi connectivity index (χ1n) is 5.76. The van der Waals surface area contributed by atoms with Crippen LogP contribution >= 0.6 is 0 Å². The number of ketones is 1. The van der Waals surface area contributed by atoms with E-state index in [1.807, 2.05) is 18.2 Å². The molecule has 0 radical (unpaired) electrons. The summed E-state index contributed by atoms with van der Waals surface area (Å²) in [6.45, 7) is 3.17. The Hall–Kier alpha value is -1.23. The number of hydroxylamine groups is 4. The predicted molar refractivity (Wildman–Crippen MR) is 64.9 cm³/mol. The van der Waals surface area contributed by atoms with E-state index in [2.05, 4.69) is 0 Å². The van der Waals surface area contributed by atoms with Gasteiger partial charge in [0.25, 0.3) is 0 Å². The molecule has 0 spiro atoms. The van der Waals surface area contributed by atoms with Crippen LogP contribution in [-0.4, -0.2) is 21.8 Å². The van der Waals surface area contributed by atoms with Gasteiger partial charge >= 0.3 is 0 Å². The zero-order chi connectivity index (χ0) is 12.9. The molecular formula is C13H19NO3. The molecule has 1 rings (SSSR count). The zero-order valence-corrected chi connectivity index (χ0v) is 10.3. The molecule has 1 N–H and O–H groups in total. The molecule has 0 heterocycles. The van der Waals surface area contributed by atoms with E-state index in [0.29, 0.717) is 12.8 Å². The lowest BCUT2D eigenvalue weighted by Crippen LogP contribution is -2.45. The highest BCUT2D eigenvalue weighted by molar-refractivity contribution is 5.75. The van der Waals surface area contributed by atoms with Gasteiger partial charge in [-0.3, -0.25) is 0 Å². The zero-order valence-electron chi connectivity index (χ0n) is 10.3. The molecule has 0 fully saturated rings. The van der Waals surface area contributed by atoms with Gasteiger partial charge in [0, 0.05) is 18.4 Å². The van der Waals surface area contributed by atoms with E-state index in [1.165, 1.54) is 6.92 Å². The van der Waals surface area contributed by atoms with Crippen LogP contribution in [0.15, 0.2) is 30.3 Å². The molecular weight excluding hydrogens is 218 g/mol. The summed E-state index contributed by atoms with van der Waals surface area (Å²) in [5.74, 6) is 0.0385. The topological polar surface area (TPSA) is 60.4 Å². The Morgan fingerprint density at radius 1 is 1.41 bits per heavy atom. The molecule has 0 aliphatic heterocycles. The molecule has 4 nitrogen and oxygen atoms in total. The fourth-order valence-electron chi connectivity index (χ4n) is 1.61. The number of Topliss-reactive ketones (excluding diaryl/α,β-unsaturated/α-hetero) is 1. The minimum absolute atomic E-state index is 0.0138. The first-order valence-corrected chi connectivity index (χ1v) is 5.76. The van der Waals surface area contributed by atoms with Crippen LogP contribution in [0, 0.1) is 5.21 Å². The highest BCUT2D eigenvalue weighted by Gasteiger charge is 2.24. The van der Waals surface area contributed by atoms with Crippen molar-refractivity contribution in [2.75, 3.05) is 0 Å². The first-order chi connectivity index (χ1) is 7.92. The van der Waals surface area contributed by atoms with E-state index < -0.39 is 10.9 Å². The van der Waals surface area contributed by atoms with Gasteiger partial charge in [0.1, 0.15) is 18.4 Å². The van der Waals surface area contributed by atoms with Gasteiger partial charge in [-0.2, -0.15) is 0 Å². The van der Waals surface area contributed by atoms with Crippen LogP contribution in [0.3, 0.4) is 0 Å². The summed E-state index contributed by atoms with van der Waals surface area (Å²) in [4.78, 5) is 9.52. The van der Waals surface area contributed by atoms with Crippen LogP contribution in [-0.2, 0) is 11.3 Å². The lowest BCUT2D eigenvalue weighted by Gasteiger charge is -2.39.